The molecule has 152 valence electrons. The van der Waals surface area contributed by atoms with Gasteiger partial charge in [0.1, 0.15) is 0 Å². The third-order valence-electron chi connectivity index (χ3n) is 3.95. The van der Waals surface area contributed by atoms with Gasteiger partial charge in [-0.25, -0.2) is 12.7 Å². The Morgan fingerprint density at radius 2 is 1.88 bits per heavy atom. The standard InChI is InChI=1S/C16H32N6O2S.HI/c1-6-25(23,24)21(5)11-7-9-18-16(17-4)19-10-8-12-22-15(3)13-14(2)20-22;/h13H,6-12H2,1-5H3,(H2,17,18,19);1H. The third kappa shape index (κ3) is 8.67. The van der Waals surface area contributed by atoms with Gasteiger partial charge in [-0.2, -0.15) is 5.10 Å². The van der Waals surface area contributed by atoms with Gasteiger partial charge in [0.05, 0.1) is 11.4 Å². The first kappa shape index (κ1) is 25.1. The Morgan fingerprint density at radius 1 is 1.27 bits per heavy atom. The van der Waals surface area contributed by atoms with Crippen LogP contribution in [0.25, 0.3) is 0 Å². The summed E-state index contributed by atoms with van der Waals surface area (Å²) in [6, 6.07) is 2.07. The first-order valence-electron chi connectivity index (χ1n) is 8.69. The van der Waals surface area contributed by atoms with Crippen molar-refractivity contribution in [3.05, 3.63) is 17.5 Å². The maximum absolute atomic E-state index is 11.7. The highest BCUT2D eigenvalue weighted by Gasteiger charge is 2.13. The van der Waals surface area contributed by atoms with E-state index in [0.717, 1.165) is 37.6 Å². The van der Waals surface area contributed by atoms with E-state index in [-0.39, 0.29) is 29.7 Å². The van der Waals surface area contributed by atoms with Crippen LogP contribution in [0, 0.1) is 13.8 Å². The van der Waals surface area contributed by atoms with E-state index in [4.69, 9.17) is 0 Å². The molecule has 0 radical (unpaired) electrons. The molecule has 0 saturated carbocycles. The lowest BCUT2D eigenvalue weighted by atomic mass is 10.4. The van der Waals surface area contributed by atoms with Crippen molar-refractivity contribution in [3.8, 4) is 0 Å². The van der Waals surface area contributed by atoms with E-state index in [1.165, 1.54) is 10.00 Å². The van der Waals surface area contributed by atoms with E-state index in [0.29, 0.717) is 13.1 Å². The molecule has 1 rings (SSSR count). The van der Waals surface area contributed by atoms with Crippen LogP contribution in [0.4, 0.5) is 0 Å². The zero-order valence-corrected chi connectivity index (χ0v) is 19.6. The number of aryl methyl sites for hydroxylation is 3. The maximum atomic E-state index is 11.7. The summed E-state index contributed by atoms with van der Waals surface area (Å²) in [7, 11) is 0.243. The number of nitrogens with one attached hydrogen (secondary N) is 2. The Hall–Kier alpha value is -0.880. The molecule has 10 heteroatoms. The summed E-state index contributed by atoms with van der Waals surface area (Å²) in [6.45, 7) is 8.53. The molecule has 0 fully saturated rings. The van der Waals surface area contributed by atoms with E-state index in [1.807, 2.05) is 11.6 Å². The molecule has 0 aliphatic heterocycles. The van der Waals surface area contributed by atoms with E-state index in [1.54, 1.807) is 21.0 Å². The van der Waals surface area contributed by atoms with Crippen molar-refractivity contribution in [2.24, 2.45) is 4.99 Å². The molecule has 0 atom stereocenters. The van der Waals surface area contributed by atoms with Crippen molar-refractivity contribution in [2.45, 2.75) is 40.2 Å². The van der Waals surface area contributed by atoms with Gasteiger partial charge in [-0.05, 0) is 39.7 Å². The summed E-state index contributed by atoms with van der Waals surface area (Å²) in [4.78, 5) is 4.18. The van der Waals surface area contributed by atoms with Crippen molar-refractivity contribution >= 4 is 40.0 Å². The van der Waals surface area contributed by atoms with Gasteiger partial charge in [0, 0.05) is 46.0 Å². The number of rotatable bonds is 10. The second-order valence-corrected chi connectivity index (χ2v) is 8.37. The Kier molecular flexibility index (Phi) is 12.1. The summed E-state index contributed by atoms with van der Waals surface area (Å²) >= 11 is 0. The minimum absolute atomic E-state index is 0. The molecule has 0 spiro atoms. The van der Waals surface area contributed by atoms with Crippen LogP contribution in [0.15, 0.2) is 11.1 Å². The minimum atomic E-state index is -3.10. The lowest BCUT2D eigenvalue weighted by Crippen LogP contribution is -2.39. The Bertz CT molecular complexity index is 660. The lowest BCUT2D eigenvalue weighted by molar-refractivity contribution is 0.461. The fraction of sp³-hybridized carbons (Fsp3) is 0.750. The Labute approximate surface area is 174 Å². The molecule has 8 nitrogen and oxygen atoms in total. The van der Waals surface area contributed by atoms with Crippen LogP contribution >= 0.6 is 24.0 Å². The van der Waals surface area contributed by atoms with Crippen LogP contribution in [0.1, 0.15) is 31.2 Å². The smallest absolute Gasteiger partial charge is 0.213 e. The molecule has 1 aromatic rings. The van der Waals surface area contributed by atoms with Crippen LogP contribution in [-0.2, 0) is 16.6 Å². The van der Waals surface area contributed by atoms with Crippen molar-refractivity contribution < 1.29 is 8.42 Å². The second-order valence-electron chi connectivity index (χ2n) is 6.01. The van der Waals surface area contributed by atoms with Gasteiger partial charge in [-0.3, -0.25) is 9.67 Å². The van der Waals surface area contributed by atoms with E-state index >= 15 is 0 Å². The summed E-state index contributed by atoms with van der Waals surface area (Å²) in [6.07, 6.45) is 1.67. The largest absolute Gasteiger partial charge is 0.356 e. The Morgan fingerprint density at radius 3 is 2.38 bits per heavy atom. The van der Waals surface area contributed by atoms with Gasteiger partial charge in [0.25, 0.3) is 0 Å². The molecule has 0 aliphatic rings. The van der Waals surface area contributed by atoms with Crippen LogP contribution < -0.4 is 10.6 Å². The first-order valence-corrected chi connectivity index (χ1v) is 10.3. The highest BCUT2D eigenvalue weighted by molar-refractivity contribution is 14.0. The summed E-state index contributed by atoms with van der Waals surface area (Å²) < 4.78 is 26.7. The van der Waals surface area contributed by atoms with Crippen molar-refractivity contribution in [1.29, 1.82) is 0 Å². The number of sulfonamides is 1. The van der Waals surface area contributed by atoms with Gasteiger partial charge in [0.15, 0.2) is 5.96 Å². The number of nitrogens with zero attached hydrogens (tertiary/aromatic N) is 4. The van der Waals surface area contributed by atoms with Crippen LogP contribution in [0.3, 0.4) is 0 Å². The highest BCUT2D eigenvalue weighted by atomic mass is 127. The fourth-order valence-electron chi connectivity index (χ4n) is 2.43. The molecule has 0 aromatic carbocycles. The maximum Gasteiger partial charge on any atom is 0.213 e. The van der Waals surface area contributed by atoms with Crippen molar-refractivity contribution in [2.75, 3.05) is 39.5 Å². The SMILES string of the molecule is CCS(=O)(=O)N(C)CCCNC(=NC)NCCCn1nc(C)cc1C.I. The predicted molar refractivity (Wildman–Crippen MR) is 118 cm³/mol. The molecule has 1 heterocycles. The molecule has 2 N–H and O–H groups in total. The van der Waals surface area contributed by atoms with Crippen molar-refractivity contribution in [3.63, 3.8) is 0 Å². The molecule has 0 amide bonds. The van der Waals surface area contributed by atoms with Crippen LogP contribution in [-0.4, -0.2) is 67.9 Å². The summed E-state index contributed by atoms with van der Waals surface area (Å²) in [5, 5.41) is 10.9. The quantitative estimate of drug-likeness (QED) is 0.219. The number of aromatic nitrogens is 2. The summed E-state index contributed by atoms with van der Waals surface area (Å²) in [5.74, 6) is 0.865. The van der Waals surface area contributed by atoms with E-state index < -0.39 is 10.0 Å². The molecule has 0 aliphatic carbocycles. The van der Waals surface area contributed by atoms with Crippen LogP contribution in [0.2, 0.25) is 0 Å². The Balaban J connectivity index is 0.00000625. The van der Waals surface area contributed by atoms with Gasteiger partial charge >= 0.3 is 0 Å². The monoisotopic (exact) mass is 500 g/mol. The molecule has 0 bridgehead atoms. The van der Waals surface area contributed by atoms with Gasteiger partial charge < -0.3 is 10.6 Å². The molecule has 1 aromatic heterocycles. The third-order valence-corrected chi connectivity index (χ3v) is 5.81. The van der Waals surface area contributed by atoms with E-state index in [9.17, 15) is 8.42 Å². The van der Waals surface area contributed by atoms with Gasteiger partial charge in [-0.15, -0.1) is 24.0 Å². The number of halogens is 1. The van der Waals surface area contributed by atoms with Gasteiger partial charge in [-0.1, -0.05) is 0 Å². The topological polar surface area (TPSA) is 91.6 Å². The zero-order valence-electron chi connectivity index (χ0n) is 16.4. The van der Waals surface area contributed by atoms with Gasteiger partial charge in [0.2, 0.25) is 10.0 Å². The van der Waals surface area contributed by atoms with Crippen molar-refractivity contribution in [1.82, 2.24) is 24.7 Å². The average molecular weight is 500 g/mol. The number of hydrogen-bond acceptors (Lipinski definition) is 4. The summed E-state index contributed by atoms with van der Waals surface area (Å²) in [5.41, 5.74) is 2.21. The minimum Gasteiger partial charge on any atom is -0.356 e. The zero-order chi connectivity index (χ0) is 18.9. The van der Waals surface area contributed by atoms with Crippen LogP contribution in [0.5, 0.6) is 0 Å². The molecule has 26 heavy (non-hydrogen) atoms. The lowest BCUT2D eigenvalue weighted by Gasteiger charge is -2.17. The normalized spacial score (nSPS) is 12.2. The number of aliphatic imine (C=N–C) groups is 1. The molecular formula is C16H33IN6O2S. The van der Waals surface area contributed by atoms with E-state index in [2.05, 4.69) is 33.7 Å². The molecular weight excluding hydrogens is 467 g/mol. The number of guanidine groups is 1. The highest BCUT2D eigenvalue weighted by Crippen LogP contribution is 2.02. The predicted octanol–water partition coefficient (Wildman–Crippen LogP) is 1.34. The number of hydrogen-bond donors (Lipinski definition) is 2. The second kappa shape index (κ2) is 12.5. The first-order chi connectivity index (χ1) is 11.8. The average Bonchev–Trinajstić information content (AvgIpc) is 2.90. The fourth-order valence-corrected chi connectivity index (χ4v) is 3.27. The molecule has 0 saturated heterocycles. The molecule has 0 unspecified atom stereocenters.